The van der Waals surface area contributed by atoms with E-state index in [9.17, 15) is 14.4 Å². The molecule has 0 bridgehead atoms. The van der Waals surface area contributed by atoms with E-state index in [2.05, 4.69) is 22.2 Å². The normalized spacial score (nSPS) is 19.3. The second-order valence-electron chi connectivity index (χ2n) is 9.68. The Morgan fingerprint density at radius 1 is 1.09 bits per heavy atom. The molecule has 0 unspecified atom stereocenters. The van der Waals surface area contributed by atoms with Gasteiger partial charge in [-0.05, 0) is 88.3 Å². The van der Waals surface area contributed by atoms with Crippen molar-refractivity contribution >= 4 is 40.3 Å². The number of nitrogens with one attached hydrogen (secondary N) is 2. The Balaban J connectivity index is 1.39. The summed E-state index contributed by atoms with van der Waals surface area (Å²) in [5.74, 6) is -0.282. The van der Waals surface area contributed by atoms with Gasteiger partial charge in [0.2, 0.25) is 5.91 Å². The smallest absolute Gasteiger partial charge is 0.303 e. The average molecular weight is 489 g/mol. The Morgan fingerprint density at radius 3 is 2.38 bits per heavy atom. The number of hydrogen-bond donors (Lipinski definition) is 3. The molecule has 1 aromatic heterocycles. The molecule has 1 atom stereocenters. The number of carboxylic acids is 1. The van der Waals surface area contributed by atoms with Crippen LogP contribution in [0, 0.1) is 11.8 Å². The molecule has 2 aliphatic heterocycles. The topological polar surface area (TPSA) is 106 Å². The van der Waals surface area contributed by atoms with Crippen LogP contribution in [0.4, 0.5) is 0 Å². The third-order valence-corrected chi connectivity index (χ3v) is 7.59. The summed E-state index contributed by atoms with van der Waals surface area (Å²) in [5.41, 5.74) is 1.07. The first-order valence-electron chi connectivity index (χ1n) is 12.1. The molecule has 0 saturated carbocycles. The van der Waals surface area contributed by atoms with E-state index in [1.165, 1.54) is 12.8 Å². The third-order valence-electron chi connectivity index (χ3n) is 7.36. The van der Waals surface area contributed by atoms with E-state index in [-0.39, 0.29) is 18.7 Å². The number of carbonyl (C=O) groups excluding carboxylic acids is 2. The SMILES string of the molecule is CN1CCC(C2CCN(C(=O)[C@@H](CCC(=O)O)NC(=O)c3cc4cc(Cl)ccc4[nH]3)CC2)CC1. The van der Waals surface area contributed by atoms with Gasteiger partial charge in [-0.2, -0.15) is 0 Å². The second kappa shape index (κ2) is 10.8. The summed E-state index contributed by atoms with van der Waals surface area (Å²) in [5, 5.41) is 13.3. The van der Waals surface area contributed by atoms with Crippen LogP contribution in [-0.4, -0.2) is 76.9 Å². The van der Waals surface area contributed by atoms with Gasteiger partial charge >= 0.3 is 5.97 Å². The Kier molecular flexibility index (Phi) is 7.78. The quantitative estimate of drug-likeness (QED) is 0.554. The fourth-order valence-corrected chi connectivity index (χ4v) is 5.48. The predicted molar refractivity (Wildman–Crippen MR) is 131 cm³/mol. The molecule has 2 aromatic rings. The van der Waals surface area contributed by atoms with Gasteiger partial charge in [-0.1, -0.05) is 11.6 Å². The predicted octanol–water partition coefficient (Wildman–Crippen LogP) is 3.36. The van der Waals surface area contributed by atoms with Crippen LogP contribution in [-0.2, 0) is 9.59 Å². The fraction of sp³-hybridized carbons (Fsp3) is 0.560. The van der Waals surface area contributed by atoms with E-state index in [1.54, 1.807) is 29.2 Å². The molecule has 3 N–H and O–H groups in total. The van der Waals surface area contributed by atoms with Gasteiger partial charge in [0.25, 0.3) is 5.91 Å². The lowest BCUT2D eigenvalue weighted by molar-refractivity contribution is -0.138. The summed E-state index contributed by atoms with van der Waals surface area (Å²) in [7, 11) is 2.16. The van der Waals surface area contributed by atoms with Crippen molar-refractivity contribution in [2.45, 2.75) is 44.6 Å². The summed E-state index contributed by atoms with van der Waals surface area (Å²) in [6.45, 7) is 3.57. The molecule has 1 aromatic carbocycles. The molecule has 2 saturated heterocycles. The van der Waals surface area contributed by atoms with E-state index in [0.29, 0.717) is 35.6 Å². The van der Waals surface area contributed by atoms with Crippen LogP contribution < -0.4 is 5.32 Å². The van der Waals surface area contributed by atoms with Gasteiger partial charge in [-0.15, -0.1) is 0 Å². The number of H-pyrrole nitrogens is 1. The highest BCUT2D eigenvalue weighted by Crippen LogP contribution is 2.32. The van der Waals surface area contributed by atoms with Crippen molar-refractivity contribution in [2.24, 2.45) is 11.8 Å². The molecule has 34 heavy (non-hydrogen) atoms. The van der Waals surface area contributed by atoms with Crippen molar-refractivity contribution in [3.63, 3.8) is 0 Å². The highest BCUT2D eigenvalue weighted by atomic mass is 35.5. The molecule has 184 valence electrons. The van der Waals surface area contributed by atoms with E-state index in [1.807, 2.05) is 0 Å². The summed E-state index contributed by atoms with van der Waals surface area (Å²) in [6, 6.07) is 6.08. The number of carbonyl (C=O) groups is 3. The number of aromatic amines is 1. The molecular weight excluding hydrogens is 456 g/mol. The Bertz CT molecular complexity index is 1040. The molecule has 2 amide bonds. The summed E-state index contributed by atoms with van der Waals surface area (Å²) < 4.78 is 0. The Morgan fingerprint density at radius 2 is 1.74 bits per heavy atom. The third kappa shape index (κ3) is 5.91. The minimum atomic E-state index is -0.992. The molecule has 4 rings (SSSR count). The Labute approximate surface area is 204 Å². The zero-order chi connectivity index (χ0) is 24.2. The molecule has 0 spiro atoms. The maximum absolute atomic E-state index is 13.3. The lowest BCUT2D eigenvalue weighted by Gasteiger charge is -2.40. The van der Waals surface area contributed by atoms with Crippen LogP contribution in [0.2, 0.25) is 5.02 Å². The van der Waals surface area contributed by atoms with Crippen molar-refractivity contribution in [3.8, 4) is 0 Å². The molecular formula is C25H33ClN4O4. The first kappa shape index (κ1) is 24.5. The number of amides is 2. The monoisotopic (exact) mass is 488 g/mol. The van der Waals surface area contributed by atoms with Crippen LogP contribution in [0.15, 0.2) is 24.3 Å². The fourth-order valence-electron chi connectivity index (χ4n) is 5.30. The molecule has 8 nitrogen and oxygen atoms in total. The zero-order valence-electron chi connectivity index (χ0n) is 19.6. The lowest BCUT2D eigenvalue weighted by atomic mass is 9.79. The molecule has 2 fully saturated rings. The van der Waals surface area contributed by atoms with Gasteiger partial charge in [0.15, 0.2) is 0 Å². The van der Waals surface area contributed by atoms with E-state index in [4.69, 9.17) is 16.7 Å². The highest BCUT2D eigenvalue weighted by Gasteiger charge is 2.33. The Hall–Kier alpha value is -2.58. The summed E-state index contributed by atoms with van der Waals surface area (Å²) in [4.78, 5) is 44.6. The van der Waals surface area contributed by atoms with Crippen molar-refractivity contribution < 1.29 is 19.5 Å². The van der Waals surface area contributed by atoms with Gasteiger partial charge in [-0.3, -0.25) is 14.4 Å². The summed E-state index contributed by atoms with van der Waals surface area (Å²) in [6.07, 6.45) is 4.21. The number of aliphatic carboxylic acids is 1. The summed E-state index contributed by atoms with van der Waals surface area (Å²) >= 11 is 6.03. The molecule has 2 aliphatic rings. The number of likely N-dealkylation sites (tertiary alicyclic amines) is 2. The van der Waals surface area contributed by atoms with E-state index < -0.39 is 17.9 Å². The van der Waals surface area contributed by atoms with Gasteiger partial charge in [0, 0.05) is 35.4 Å². The average Bonchev–Trinajstić information content (AvgIpc) is 3.25. The number of carboxylic acid groups (broad SMARTS) is 1. The van der Waals surface area contributed by atoms with Gasteiger partial charge in [0.1, 0.15) is 11.7 Å². The standard InChI is InChI=1S/C25H33ClN4O4/c1-29-10-6-16(7-11-29)17-8-12-30(13-9-17)25(34)21(4-5-23(31)32)28-24(33)22-15-18-14-19(26)2-3-20(18)27-22/h2-3,14-17,21,27H,4-13H2,1H3,(H,28,33)(H,31,32)/t21-/m1/s1. The van der Waals surface area contributed by atoms with Crippen LogP contribution in [0.25, 0.3) is 10.9 Å². The number of piperidine rings is 2. The van der Waals surface area contributed by atoms with Crippen LogP contribution >= 0.6 is 11.6 Å². The largest absolute Gasteiger partial charge is 0.481 e. The number of halogens is 1. The number of aromatic nitrogens is 1. The highest BCUT2D eigenvalue weighted by molar-refractivity contribution is 6.31. The van der Waals surface area contributed by atoms with Crippen LogP contribution in [0.1, 0.15) is 49.0 Å². The van der Waals surface area contributed by atoms with E-state index in [0.717, 1.165) is 36.8 Å². The number of rotatable bonds is 7. The number of hydrogen-bond acceptors (Lipinski definition) is 4. The maximum Gasteiger partial charge on any atom is 0.303 e. The minimum absolute atomic E-state index is 0.0564. The van der Waals surface area contributed by atoms with Crippen molar-refractivity contribution in [2.75, 3.05) is 33.2 Å². The molecule has 3 heterocycles. The van der Waals surface area contributed by atoms with E-state index >= 15 is 0 Å². The van der Waals surface area contributed by atoms with Crippen molar-refractivity contribution in [1.82, 2.24) is 20.1 Å². The van der Waals surface area contributed by atoms with Gasteiger partial charge in [-0.25, -0.2) is 0 Å². The zero-order valence-corrected chi connectivity index (χ0v) is 20.3. The molecule has 0 aliphatic carbocycles. The first-order valence-corrected chi connectivity index (χ1v) is 12.5. The second-order valence-corrected chi connectivity index (χ2v) is 10.1. The number of nitrogens with zero attached hydrogens (tertiary/aromatic N) is 2. The number of benzene rings is 1. The molecule has 9 heteroatoms. The maximum atomic E-state index is 13.3. The van der Waals surface area contributed by atoms with Crippen molar-refractivity contribution in [1.29, 1.82) is 0 Å². The van der Waals surface area contributed by atoms with Crippen LogP contribution in [0.5, 0.6) is 0 Å². The molecule has 0 radical (unpaired) electrons. The van der Waals surface area contributed by atoms with Crippen molar-refractivity contribution in [3.05, 3.63) is 35.0 Å². The van der Waals surface area contributed by atoms with Crippen LogP contribution in [0.3, 0.4) is 0 Å². The van der Waals surface area contributed by atoms with Gasteiger partial charge in [0.05, 0.1) is 0 Å². The lowest BCUT2D eigenvalue weighted by Crippen LogP contribution is -2.51. The number of fused-ring (bicyclic) bond motifs is 1. The first-order chi connectivity index (χ1) is 16.3. The van der Waals surface area contributed by atoms with Gasteiger partial charge < -0.3 is 25.2 Å². The minimum Gasteiger partial charge on any atom is -0.481 e.